The van der Waals surface area contributed by atoms with Gasteiger partial charge in [-0.05, 0) is 58.5 Å². The average Bonchev–Trinajstić information content (AvgIpc) is 2.83. The summed E-state index contributed by atoms with van der Waals surface area (Å²) in [4.78, 5) is 2.56. The molecule has 2 atom stereocenters. The highest BCUT2D eigenvalue weighted by Crippen LogP contribution is 2.30. The third-order valence-corrected chi connectivity index (χ3v) is 4.44. The molecule has 3 nitrogen and oxygen atoms in total. The van der Waals surface area contributed by atoms with Gasteiger partial charge in [0.2, 0.25) is 0 Å². The Balaban J connectivity index is 1.97. The van der Waals surface area contributed by atoms with E-state index >= 15 is 0 Å². The topological polar surface area (TPSA) is 38.5 Å². The van der Waals surface area contributed by atoms with Gasteiger partial charge in [-0.2, -0.15) is 0 Å². The minimum atomic E-state index is 0.127. The summed E-state index contributed by atoms with van der Waals surface area (Å²) in [6.45, 7) is 8.82. The number of hydrogen-bond donors (Lipinski definition) is 1. The van der Waals surface area contributed by atoms with Crippen LogP contribution >= 0.6 is 0 Å². The second kappa shape index (κ2) is 5.03. The van der Waals surface area contributed by atoms with E-state index in [2.05, 4.69) is 18.7 Å². The highest BCUT2D eigenvalue weighted by molar-refractivity contribution is 4.97. The first-order valence-electron chi connectivity index (χ1n) is 6.71. The predicted octanol–water partition coefficient (Wildman–Crippen LogP) is 1.61. The van der Waals surface area contributed by atoms with Gasteiger partial charge in [0.1, 0.15) is 0 Å². The maximum absolute atomic E-state index is 6.48. The highest BCUT2D eigenvalue weighted by atomic mass is 16.5. The molecule has 2 aliphatic heterocycles. The fourth-order valence-electron chi connectivity index (χ4n) is 3.13. The molecule has 2 unspecified atom stereocenters. The van der Waals surface area contributed by atoms with Crippen molar-refractivity contribution >= 4 is 0 Å². The zero-order valence-corrected chi connectivity index (χ0v) is 10.7. The summed E-state index contributed by atoms with van der Waals surface area (Å²) in [7, 11) is 0. The zero-order chi connectivity index (χ0) is 11.6. The summed E-state index contributed by atoms with van der Waals surface area (Å²) in [5.41, 5.74) is 6.61. The van der Waals surface area contributed by atoms with Crippen molar-refractivity contribution in [2.75, 3.05) is 26.3 Å². The summed E-state index contributed by atoms with van der Waals surface area (Å²) in [5, 5.41) is 0. The van der Waals surface area contributed by atoms with E-state index in [-0.39, 0.29) is 11.6 Å². The molecule has 2 heterocycles. The molecule has 94 valence electrons. The van der Waals surface area contributed by atoms with Crippen LogP contribution in [0.3, 0.4) is 0 Å². The molecule has 2 N–H and O–H groups in total. The molecule has 0 spiro atoms. The Morgan fingerprint density at radius 2 is 1.94 bits per heavy atom. The van der Waals surface area contributed by atoms with Crippen molar-refractivity contribution in [2.45, 2.75) is 51.1 Å². The second-order valence-electron chi connectivity index (χ2n) is 5.85. The minimum Gasteiger partial charge on any atom is -0.381 e. The Hall–Kier alpha value is -0.120. The van der Waals surface area contributed by atoms with E-state index in [1.54, 1.807) is 0 Å². The average molecular weight is 226 g/mol. The Labute approximate surface area is 99.3 Å². The van der Waals surface area contributed by atoms with Gasteiger partial charge in [0.15, 0.2) is 0 Å². The Morgan fingerprint density at radius 1 is 1.25 bits per heavy atom. The van der Waals surface area contributed by atoms with Crippen LogP contribution in [-0.2, 0) is 4.74 Å². The molecule has 2 saturated heterocycles. The van der Waals surface area contributed by atoms with Crippen LogP contribution in [-0.4, -0.2) is 42.8 Å². The van der Waals surface area contributed by atoms with Gasteiger partial charge in [0, 0.05) is 18.2 Å². The van der Waals surface area contributed by atoms with Crippen molar-refractivity contribution < 1.29 is 4.74 Å². The molecule has 0 aromatic heterocycles. The summed E-state index contributed by atoms with van der Waals surface area (Å²) >= 11 is 0. The van der Waals surface area contributed by atoms with Crippen LogP contribution in [0.4, 0.5) is 0 Å². The van der Waals surface area contributed by atoms with E-state index in [1.807, 2.05) is 0 Å². The largest absolute Gasteiger partial charge is 0.381 e. The number of nitrogens with zero attached hydrogens (tertiary/aromatic N) is 1. The molecule has 2 rings (SSSR count). The Bertz CT molecular complexity index is 218. The monoisotopic (exact) mass is 226 g/mol. The van der Waals surface area contributed by atoms with E-state index in [4.69, 9.17) is 10.5 Å². The molecule has 16 heavy (non-hydrogen) atoms. The van der Waals surface area contributed by atoms with E-state index in [9.17, 15) is 0 Å². The van der Waals surface area contributed by atoms with Gasteiger partial charge >= 0.3 is 0 Å². The number of ether oxygens (including phenoxy) is 1. The van der Waals surface area contributed by atoms with E-state index in [0.29, 0.717) is 5.92 Å². The highest BCUT2D eigenvalue weighted by Gasteiger charge is 2.39. The lowest BCUT2D eigenvalue weighted by molar-refractivity contribution is 0.00934. The maximum atomic E-state index is 6.48. The lowest BCUT2D eigenvalue weighted by Gasteiger charge is -2.44. The number of nitrogens with two attached hydrogens (primary N) is 1. The second-order valence-corrected chi connectivity index (χ2v) is 5.85. The third-order valence-electron chi connectivity index (χ3n) is 4.44. The molecule has 2 fully saturated rings. The molecule has 2 aliphatic rings. The van der Waals surface area contributed by atoms with Gasteiger partial charge in [-0.1, -0.05) is 0 Å². The van der Waals surface area contributed by atoms with Gasteiger partial charge in [-0.15, -0.1) is 0 Å². The normalized spacial score (nSPS) is 30.6. The Morgan fingerprint density at radius 3 is 2.50 bits per heavy atom. The van der Waals surface area contributed by atoms with Crippen LogP contribution in [0.1, 0.15) is 39.5 Å². The van der Waals surface area contributed by atoms with Crippen LogP contribution in [0.2, 0.25) is 0 Å². The molecule has 0 bridgehead atoms. The molecule has 0 saturated carbocycles. The summed E-state index contributed by atoms with van der Waals surface area (Å²) in [5.74, 6) is 0.546. The van der Waals surface area contributed by atoms with Crippen molar-refractivity contribution in [2.24, 2.45) is 11.7 Å². The first-order valence-corrected chi connectivity index (χ1v) is 6.71. The van der Waals surface area contributed by atoms with Crippen LogP contribution in [0.25, 0.3) is 0 Å². The van der Waals surface area contributed by atoms with Crippen molar-refractivity contribution in [3.05, 3.63) is 0 Å². The van der Waals surface area contributed by atoms with Crippen molar-refractivity contribution in [3.8, 4) is 0 Å². The van der Waals surface area contributed by atoms with Crippen molar-refractivity contribution in [1.82, 2.24) is 4.90 Å². The quantitative estimate of drug-likeness (QED) is 0.794. The molecular weight excluding hydrogens is 200 g/mol. The molecule has 0 aliphatic carbocycles. The lowest BCUT2D eigenvalue weighted by Crippen LogP contribution is -2.59. The molecule has 0 aromatic rings. The number of hydrogen-bond acceptors (Lipinski definition) is 3. The first kappa shape index (κ1) is 12.3. The lowest BCUT2D eigenvalue weighted by atomic mass is 9.81. The van der Waals surface area contributed by atoms with Gasteiger partial charge in [-0.25, -0.2) is 0 Å². The summed E-state index contributed by atoms with van der Waals surface area (Å²) < 4.78 is 5.56. The molecule has 3 heteroatoms. The van der Waals surface area contributed by atoms with Gasteiger partial charge in [0.05, 0.1) is 6.61 Å². The predicted molar refractivity (Wildman–Crippen MR) is 66.4 cm³/mol. The number of likely N-dealkylation sites (tertiary alicyclic amines) is 1. The molecular formula is C13H26N2O. The van der Waals surface area contributed by atoms with Crippen LogP contribution < -0.4 is 5.73 Å². The van der Waals surface area contributed by atoms with E-state index in [1.165, 1.54) is 38.8 Å². The fraction of sp³-hybridized carbons (Fsp3) is 1.00. The molecule has 0 aromatic carbocycles. The minimum absolute atomic E-state index is 0.127. The Kier molecular flexibility index (Phi) is 3.88. The summed E-state index contributed by atoms with van der Waals surface area (Å²) in [6, 6.07) is 0.242. The molecule has 0 radical (unpaired) electrons. The SMILES string of the molecule is CC(C)(C(N)C1CCCOC1)N1CCCC1. The first-order chi connectivity index (χ1) is 7.62. The fourth-order valence-corrected chi connectivity index (χ4v) is 3.13. The van der Waals surface area contributed by atoms with E-state index in [0.717, 1.165) is 13.2 Å². The molecule has 0 amide bonds. The third kappa shape index (κ3) is 2.41. The van der Waals surface area contributed by atoms with Gasteiger partial charge in [0.25, 0.3) is 0 Å². The standard InChI is InChI=1S/C13H26N2O/c1-13(2,15-7-3-4-8-15)12(14)11-6-5-9-16-10-11/h11-12H,3-10,14H2,1-2H3. The van der Waals surface area contributed by atoms with Gasteiger partial charge in [-0.3, -0.25) is 4.90 Å². The smallest absolute Gasteiger partial charge is 0.0509 e. The van der Waals surface area contributed by atoms with Gasteiger partial charge < -0.3 is 10.5 Å². The van der Waals surface area contributed by atoms with Crippen molar-refractivity contribution in [1.29, 1.82) is 0 Å². The van der Waals surface area contributed by atoms with E-state index < -0.39 is 0 Å². The number of rotatable bonds is 3. The summed E-state index contributed by atoms with van der Waals surface area (Å²) in [6.07, 6.45) is 5.07. The van der Waals surface area contributed by atoms with Crippen molar-refractivity contribution in [3.63, 3.8) is 0 Å². The van der Waals surface area contributed by atoms with Crippen LogP contribution in [0, 0.1) is 5.92 Å². The zero-order valence-electron chi connectivity index (χ0n) is 10.7. The maximum Gasteiger partial charge on any atom is 0.0509 e. The van der Waals surface area contributed by atoms with Crippen LogP contribution in [0.5, 0.6) is 0 Å². The van der Waals surface area contributed by atoms with Crippen LogP contribution in [0.15, 0.2) is 0 Å².